The summed E-state index contributed by atoms with van der Waals surface area (Å²) >= 11 is 0. The van der Waals surface area contributed by atoms with Gasteiger partial charge in [0.15, 0.2) is 5.58 Å². The summed E-state index contributed by atoms with van der Waals surface area (Å²) in [5.41, 5.74) is 2.43. The number of oxazole rings is 1. The van der Waals surface area contributed by atoms with Crippen molar-refractivity contribution in [1.82, 2.24) is 9.88 Å². The fraction of sp³-hybridized carbons (Fsp3) is 0.333. The molecule has 140 valence electrons. The zero-order valence-electron chi connectivity index (χ0n) is 15.3. The molecule has 0 saturated carbocycles. The normalized spacial score (nSPS) is 18.1. The molecule has 3 aromatic rings. The minimum absolute atomic E-state index is 0.178. The quantitative estimate of drug-likeness (QED) is 0.745. The number of nitrogens with zero attached hydrogens (tertiary/aromatic N) is 3. The number of carbonyl (C=O) groups is 1. The van der Waals surface area contributed by atoms with Gasteiger partial charge in [-0.3, -0.25) is 4.90 Å². The van der Waals surface area contributed by atoms with Crippen LogP contribution in [0.1, 0.15) is 29.3 Å². The number of hydrogen-bond acceptors (Lipinski definition) is 5. The second-order valence-corrected chi connectivity index (χ2v) is 6.92. The van der Waals surface area contributed by atoms with Gasteiger partial charge in [0.05, 0.1) is 5.56 Å². The number of para-hydroxylation sites is 1. The molecule has 6 nitrogen and oxygen atoms in total. The standard InChI is InChI=1S/C21H23N3O3/c1-2-16-14-24(12-11-23(16)13-15-7-4-3-5-8-15)21-22-19-17(20(25)26)9-6-10-18(19)27-21/h3-10,16H,2,11-14H2,1H3,(H,25,26). The summed E-state index contributed by atoms with van der Waals surface area (Å²) in [6.45, 7) is 5.67. The van der Waals surface area contributed by atoms with Gasteiger partial charge in [-0.2, -0.15) is 4.98 Å². The topological polar surface area (TPSA) is 69.8 Å². The van der Waals surface area contributed by atoms with E-state index in [9.17, 15) is 9.90 Å². The zero-order chi connectivity index (χ0) is 18.8. The van der Waals surface area contributed by atoms with Crippen molar-refractivity contribution in [3.63, 3.8) is 0 Å². The van der Waals surface area contributed by atoms with Gasteiger partial charge in [-0.05, 0) is 24.1 Å². The van der Waals surface area contributed by atoms with E-state index in [-0.39, 0.29) is 5.56 Å². The van der Waals surface area contributed by atoms with Crippen LogP contribution in [-0.4, -0.2) is 46.6 Å². The van der Waals surface area contributed by atoms with Crippen molar-refractivity contribution in [2.45, 2.75) is 25.9 Å². The van der Waals surface area contributed by atoms with Crippen LogP contribution in [0.2, 0.25) is 0 Å². The van der Waals surface area contributed by atoms with Gasteiger partial charge in [-0.1, -0.05) is 43.3 Å². The maximum absolute atomic E-state index is 11.4. The molecule has 0 amide bonds. The Bertz CT molecular complexity index is 938. The molecular formula is C21H23N3O3. The average molecular weight is 365 g/mol. The molecule has 27 heavy (non-hydrogen) atoms. The predicted molar refractivity (Wildman–Crippen MR) is 104 cm³/mol. The van der Waals surface area contributed by atoms with Crippen LogP contribution in [0.5, 0.6) is 0 Å². The highest BCUT2D eigenvalue weighted by Gasteiger charge is 2.28. The highest BCUT2D eigenvalue weighted by Crippen LogP contribution is 2.27. The van der Waals surface area contributed by atoms with E-state index in [1.54, 1.807) is 18.2 Å². The van der Waals surface area contributed by atoms with Gasteiger partial charge >= 0.3 is 5.97 Å². The van der Waals surface area contributed by atoms with Gasteiger partial charge in [-0.15, -0.1) is 0 Å². The summed E-state index contributed by atoms with van der Waals surface area (Å²) in [5, 5.41) is 9.36. The van der Waals surface area contributed by atoms with Crippen LogP contribution >= 0.6 is 0 Å². The highest BCUT2D eigenvalue weighted by molar-refractivity contribution is 6.00. The lowest BCUT2D eigenvalue weighted by molar-refractivity contribution is 0.0699. The lowest BCUT2D eigenvalue weighted by Gasteiger charge is -2.40. The lowest BCUT2D eigenvalue weighted by Crippen LogP contribution is -2.52. The first-order valence-electron chi connectivity index (χ1n) is 9.31. The first-order chi connectivity index (χ1) is 13.2. The van der Waals surface area contributed by atoms with E-state index >= 15 is 0 Å². The minimum Gasteiger partial charge on any atom is -0.478 e. The average Bonchev–Trinajstić information content (AvgIpc) is 3.13. The number of fused-ring (bicyclic) bond motifs is 1. The first kappa shape index (κ1) is 17.5. The number of aromatic nitrogens is 1. The maximum Gasteiger partial charge on any atom is 0.338 e. The van der Waals surface area contributed by atoms with Crippen LogP contribution in [0.4, 0.5) is 6.01 Å². The van der Waals surface area contributed by atoms with Crippen molar-refractivity contribution < 1.29 is 14.3 Å². The molecule has 1 fully saturated rings. The molecule has 6 heteroatoms. The molecule has 1 atom stereocenters. The number of benzene rings is 2. The predicted octanol–water partition coefficient (Wildman–Crippen LogP) is 3.63. The van der Waals surface area contributed by atoms with Gasteiger partial charge < -0.3 is 14.4 Å². The van der Waals surface area contributed by atoms with E-state index in [1.807, 2.05) is 6.07 Å². The Balaban J connectivity index is 1.54. The molecule has 0 bridgehead atoms. The fourth-order valence-electron chi connectivity index (χ4n) is 3.72. The van der Waals surface area contributed by atoms with E-state index in [2.05, 4.69) is 46.0 Å². The van der Waals surface area contributed by atoms with Crippen LogP contribution in [-0.2, 0) is 6.54 Å². The molecule has 1 aromatic heterocycles. The lowest BCUT2D eigenvalue weighted by atomic mass is 10.1. The number of hydrogen-bond donors (Lipinski definition) is 1. The zero-order valence-corrected chi connectivity index (χ0v) is 15.3. The molecule has 0 aliphatic carbocycles. The largest absolute Gasteiger partial charge is 0.478 e. The van der Waals surface area contributed by atoms with Crippen LogP contribution in [0.3, 0.4) is 0 Å². The maximum atomic E-state index is 11.4. The van der Waals surface area contributed by atoms with E-state index in [0.29, 0.717) is 23.2 Å². The van der Waals surface area contributed by atoms with Gasteiger partial charge in [0, 0.05) is 32.2 Å². The van der Waals surface area contributed by atoms with Gasteiger partial charge in [0.1, 0.15) is 5.52 Å². The fourth-order valence-corrected chi connectivity index (χ4v) is 3.72. The molecule has 2 aromatic carbocycles. The van der Waals surface area contributed by atoms with Gasteiger partial charge in [-0.25, -0.2) is 4.79 Å². The van der Waals surface area contributed by atoms with Crippen molar-refractivity contribution >= 4 is 23.1 Å². The molecule has 1 unspecified atom stereocenters. The van der Waals surface area contributed by atoms with Crippen molar-refractivity contribution in [3.8, 4) is 0 Å². The Morgan fingerprint density at radius 1 is 1.19 bits per heavy atom. The first-order valence-corrected chi connectivity index (χ1v) is 9.31. The van der Waals surface area contributed by atoms with E-state index in [1.165, 1.54) is 5.56 Å². The molecule has 0 spiro atoms. The second kappa shape index (κ2) is 7.40. The molecule has 1 saturated heterocycles. The van der Waals surface area contributed by atoms with Gasteiger partial charge in [0.25, 0.3) is 6.01 Å². The number of aromatic carboxylic acids is 1. The van der Waals surface area contributed by atoms with E-state index in [4.69, 9.17) is 4.42 Å². The Morgan fingerprint density at radius 3 is 2.74 bits per heavy atom. The van der Waals surface area contributed by atoms with E-state index in [0.717, 1.165) is 32.6 Å². The molecule has 4 rings (SSSR count). The highest BCUT2D eigenvalue weighted by atomic mass is 16.4. The summed E-state index contributed by atoms with van der Waals surface area (Å²) in [6, 6.07) is 16.4. The Morgan fingerprint density at radius 2 is 2.00 bits per heavy atom. The van der Waals surface area contributed by atoms with Crippen LogP contribution in [0.15, 0.2) is 52.9 Å². The Labute approximate surface area is 158 Å². The number of piperazine rings is 1. The summed E-state index contributed by atoms with van der Waals surface area (Å²) in [7, 11) is 0. The Kier molecular flexibility index (Phi) is 4.81. The molecule has 1 N–H and O–H groups in total. The third kappa shape index (κ3) is 3.53. The van der Waals surface area contributed by atoms with Crippen LogP contribution < -0.4 is 4.90 Å². The molecule has 1 aliphatic heterocycles. The minimum atomic E-state index is -0.987. The SMILES string of the molecule is CCC1CN(c2nc3c(C(=O)O)cccc3o2)CCN1Cc1ccccc1. The second-order valence-electron chi connectivity index (χ2n) is 6.92. The third-order valence-electron chi connectivity index (χ3n) is 5.21. The summed E-state index contributed by atoms with van der Waals surface area (Å²) in [5.74, 6) is -0.987. The van der Waals surface area contributed by atoms with Crippen LogP contribution in [0.25, 0.3) is 11.1 Å². The monoisotopic (exact) mass is 365 g/mol. The summed E-state index contributed by atoms with van der Waals surface area (Å²) < 4.78 is 5.88. The molecule has 0 radical (unpaired) electrons. The number of rotatable bonds is 5. The van der Waals surface area contributed by atoms with Crippen LogP contribution in [0, 0.1) is 0 Å². The number of carboxylic acids is 1. The number of carboxylic acid groups (broad SMARTS) is 1. The number of anilines is 1. The summed E-state index contributed by atoms with van der Waals surface area (Å²) in [4.78, 5) is 20.5. The smallest absolute Gasteiger partial charge is 0.338 e. The molecular weight excluding hydrogens is 342 g/mol. The molecule has 1 aliphatic rings. The van der Waals surface area contributed by atoms with E-state index < -0.39 is 5.97 Å². The van der Waals surface area contributed by atoms with Crippen molar-refractivity contribution in [2.24, 2.45) is 0 Å². The third-order valence-corrected chi connectivity index (χ3v) is 5.21. The molecule has 2 heterocycles. The van der Waals surface area contributed by atoms with Crippen molar-refractivity contribution in [2.75, 3.05) is 24.5 Å². The van der Waals surface area contributed by atoms with Gasteiger partial charge in [0.2, 0.25) is 0 Å². The van der Waals surface area contributed by atoms with Crippen molar-refractivity contribution in [3.05, 3.63) is 59.7 Å². The Hall–Kier alpha value is -2.86. The summed E-state index contributed by atoms with van der Waals surface area (Å²) in [6.07, 6.45) is 1.03. The van der Waals surface area contributed by atoms with Crippen molar-refractivity contribution in [1.29, 1.82) is 0 Å².